The summed E-state index contributed by atoms with van der Waals surface area (Å²) in [5.74, 6) is -0.154. The molecule has 7 heteroatoms. The van der Waals surface area contributed by atoms with Gasteiger partial charge in [-0.15, -0.1) is 0 Å². The summed E-state index contributed by atoms with van der Waals surface area (Å²) >= 11 is 0. The number of carbonyl (C=O) groups is 1. The maximum Gasteiger partial charge on any atom is 0.293 e. The van der Waals surface area contributed by atoms with Gasteiger partial charge in [0.1, 0.15) is 5.69 Å². The number of hydrogen-bond donors (Lipinski definition) is 2. The van der Waals surface area contributed by atoms with Gasteiger partial charge in [0.05, 0.1) is 11.0 Å². The first-order valence-electron chi connectivity index (χ1n) is 8.63. The molecule has 0 radical (unpaired) electrons. The molecule has 2 heterocycles. The van der Waals surface area contributed by atoms with E-state index in [-0.39, 0.29) is 17.6 Å². The second kappa shape index (κ2) is 6.23. The standard InChI is InChI=1S/C18H20N4O3/c23-18(21-10-2-4-16(21)14-3-1-9-19-14)12-5-8-15(20-13-6-7-13)17(11-12)22(24)25/h1,3,5,8-9,11,13,16,19-20H,2,4,6-7,10H2/t16-/m1/s1. The van der Waals surface area contributed by atoms with E-state index >= 15 is 0 Å². The molecule has 1 aromatic heterocycles. The molecule has 1 saturated heterocycles. The fourth-order valence-corrected chi connectivity index (χ4v) is 3.44. The van der Waals surface area contributed by atoms with Crippen molar-refractivity contribution in [3.63, 3.8) is 0 Å². The third-order valence-electron chi connectivity index (χ3n) is 4.87. The van der Waals surface area contributed by atoms with Gasteiger partial charge >= 0.3 is 0 Å². The largest absolute Gasteiger partial charge is 0.377 e. The summed E-state index contributed by atoms with van der Waals surface area (Å²) in [6.07, 6.45) is 5.74. The summed E-state index contributed by atoms with van der Waals surface area (Å²) in [4.78, 5) is 28.9. The van der Waals surface area contributed by atoms with E-state index in [2.05, 4.69) is 10.3 Å². The lowest BCUT2D eigenvalue weighted by molar-refractivity contribution is -0.384. The Morgan fingerprint density at radius 2 is 2.12 bits per heavy atom. The lowest BCUT2D eigenvalue weighted by Gasteiger charge is -2.24. The molecule has 0 unspecified atom stereocenters. The zero-order valence-electron chi connectivity index (χ0n) is 13.8. The topological polar surface area (TPSA) is 91.3 Å². The van der Waals surface area contributed by atoms with Gasteiger partial charge in [0.2, 0.25) is 0 Å². The van der Waals surface area contributed by atoms with Crippen molar-refractivity contribution in [2.45, 2.75) is 37.8 Å². The number of hydrogen-bond acceptors (Lipinski definition) is 4. The number of carbonyl (C=O) groups excluding carboxylic acids is 1. The molecule has 7 nitrogen and oxygen atoms in total. The highest BCUT2D eigenvalue weighted by Gasteiger charge is 2.32. The predicted octanol–water partition coefficient (Wildman–Crippen LogP) is 3.47. The number of nitrogens with one attached hydrogen (secondary N) is 2. The van der Waals surface area contributed by atoms with Crippen molar-refractivity contribution in [1.29, 1.82) is 0 Å². The minimum atomic E-state index is -0.423. The number of rotatable bonds is 5. The Labute approximate surface area is 145 Å². The second-order valence-corrected chi connectivity index (χ2v) is 6.69. The Bertz CT molecular complexity index is 799. The average Bonchev–Trinajstić information content (AvgIpc) is 3.08. The average molecular weight is 340 g/mol. The van der Waals surface area contributed by atoms with E-state index in [0.29, 0.717) is 23.8 Å². The molecule has 2 aromatic rings. The molecule has 1 aromatic carbocycles. The first-order valence-corrected chi connectivity index (χ1v) is 8.63. The lowest BCUT2D eigenvalue weighted by Crippen LogP contribution is -2.30. The van der Waals surface area contributed by atoms with Gasteiger partial charge in [0.25, 0.3) is 11.6 Å². The van der Waals surface area contributed by atoms with E-state index in [4.69, 9.17) is 0 Å². The first-order chi connectivity index (χ1) is 12.1. The maximum absolute atomic E-state index is 12.9. The van der Waals surface area contributed by atoms with Crippen LogP contribution in [0.5, 0.6) is 0 Å². The fraction of sp³-hybridized carbons (Fsp3) is 0.389. The van der Waals surface area contributed by atoms with Crippen LogP contribution in [0, 0.1) is 10.1 Å². The van der Waals surface area contributed by atoms with Gasteiger partial charge in [-0.25, -0.2) is 0 Å². The molecule has 130 valence electrons. The van der Waals surface area contributed by atoms with Crippen molar-refractivity contribution in [2.75, 3.05) is 11.9 Å². The number of nitro benzene ring substituents is 1. The van der Waals surface area contributed by atoms with Crippen molar-refractivity contribution >= 4 is 17.3 Å². The van der Waals surface area contributed by atoms with E-state index < -0.39 is 4.92 Å². The van der Waals surface area contributed by atoms with Gasteiger partial charge in [-0.2, -0.15) is 0 Å². The zero-order valence-corrected chi connectivity index (χ0v) is 13.8. The Kier molecular flexibility index (Phi) is 3.91. The number of nitro groups is 1. The van der Waals surface area contributed by atoms with Crippen LogP contribution in [0.2, 0.25) is 0 Å². The maximum atomic E-state index is 12.9. The number of amides is 1. The fourth-order valence-electron chi connectivity index (χ4n) is 3.44. The normalized spacial score (nSPS) is 19.8. The highest BCUT2D eigenvalue weighted by atomic mass is 16.6. The van der Waals surface area contributed by atoms with Crippen molar-refractivity contribution in [2.24, 2.45) is 0 Å². The quantitative estimate of drug-likeness (QED) is 0.644. The predicted molar refractivity (Wildman–Crippen MR) is 93.5 cm³/mol. The molecule has 1 aliphatic heterocycles. The third kappa shape index (κ3) is 3.09. The number of benzene rings is 1. The lowest BCUT2D eigenvalue weighted by atomic mass is 10.1. The smallest absolute Gasteiger partial charge is 0.293 e. The van der Waals surface area contributed by atoms with Crippen molar-refractivity contribution in [1.82, 2.24) is 9.88 Å². The Morgan fingerprint density at radius 1 is 1.28 bits per heavy atom. The number of anilines is 1. The highest BCUT2D eigenvalue weighted by Crippen LogP contribution is 2.35. The monoisotopic (exact) mass is 340 g/mol. The summed E-state index contributed by atoms with van der Waals surface area (Å²) in [6, 6.07) is 8.95. The van der Waals surface area contributed by atoms with Crippen molar-refractivity contribution < 1.29 is 9.72 Å². The highest BCUT2D eigenvalue weighted by molar-refractivity contribution is 5.96. The molecule has 1 amide bonds. The summed E-state index contributed by atoms with van der Waals surface area (Å²) in [7, 11) is 0. The number of H-pyrrole nitrogens is 1. The molecule has 4 rings (SSSR count). The van der Waals surface area contributed by atoms with Gasteiger partial charge in [-0.1, -0.05) is 0 Å². The molecule has 1 atom stereocenters. The Balaban J connectivity index is 1.61. The van der Waals surface area contributed by atoms with E-state index in [9.17, 15) is 14.9 Å². The molecule has 0 spiro atoms. The van der Waals surface area contributed by atoms with Crippen molar-refractivity contribution in [3.05, 3.63) is 57.9 Å². The molecule has 0 bridgehead atoms. The molecule has 1 saturated carbocycles. The van der Waals surface area contributed by atoms with Crippen LogP contribution in [0.4, 0.5) is 11.4 Å². The third-order valence-corrected chi connectivity index (χ3v) is 4.87. The molecule has 2 N–H and O–H groups in total. The first kappa shape index (κ1) is 15.7. The molecule has 25 heavy (non-hydrogen) atoms. The van der Waals surface area contributed by atoms with E-state index in [0.717, 1.165) is 31.4 Å². The van der Waals surface area contributed by atoms with Crippen LogP contribution < -0.4 is 5.32 Å². The summed E-state index contributed by atoms with van der Waals surface area (Å²) in [5.41, 5.74) is 1.83. The SMILES string of the molecule is O=C(c1ccc(NC2CC2)c([N+](=O)[O-])c1)N1CCC[C@@H]1c1ccc[nH]1. The van der Waals surface area contributed by atoms with Gasteiger partial charge in [0, 0.05) is 36.1 Å². The second-order valence-electron chi connectivity index (χ2n) is 6.69. The van der Waals surface area contributed by atoms with E-state index in [1.54, 1.807) is 17.0 Å². The number of aromatic nitrogens is 1. The van der Waals surface area contributed by atoms with Crippen LogP contribution in [-0.2, 0) is 0 Å². The van der Waals surface area contributed by atoms with Gasteiger partial charge in [-0.3, -0.25) is 14.9 Å². The number of likely N-dealkylation sites (tertiary alicyclic amines) is 1. The van der Waals surface area contributed by atoms with E-state index in [1.165, 1.54) is 6.07 Å². The van der Waals surface area contributed by atoms with Crippen LogP contribution in [0.3, 0.4) is 0 Å². The minimum absolute atomic E-state index is 0.00539. The van der Waals surface area contributed by atoms with Gasteiger partial charge in [-0.05, 0) is 49.9 Å². The van der Waals surface area contributed by atoms with Crippen LogP contribution in [-0.4, -0.2) is 33.3 Å². The summed E-state index contributed by atoms with van der Waals surface area (Å²) < 4.78 is 0. The van der Waals surface area contributed by atoms with Gasteiger partial charge in [0.15, 0.2) is 0 Å². The molecule has 1 aliphatic carbocycles. The molecular weight excluding hydrogens is 320 g/mol. The molecular formula is C18H20N4O3. The van der Waals surface area contributed by atoms with E-state index in [1.807, 2.05) is 18.3 Å². The van der Waals surface area contributed by atoms with Crippen LogP contribution >= 0.6 is 0 Å². The zero-order chi connectivity index (χ0) is 17.4. The van der Waals surface area contributed by atoms with Crippen LogP contribution in [0.1, 0.15) is 47.8 Å². The van der Waals surface area contributed by atoms with Gasteiger partial charge < -0.3 is 15.2 Å². The number of aromatic amines is 1. The number of nitrogens with zero attached hydrogens (tertiary/aromatic N) is 2. The Hall–Kier alpha value is -2.83. The molecule has 2 aliphatic rings. The Morgan fingerprint density at radius 3 is 2.80 bits per heavy atom. The summed E-state index contributed by atoms with van der Waals surface area (Å²) in [6.45, 7) is 0.665. The van der Waals surface area contributed by atoms with Crippen LogP contribution in [0.25, 0.3) is 0 Å². The van der Waals surface area contributed by atoms with Crippen LogP contribution in [0.15, 0.2) is 36.5 Å². The molecule has 2 fully saturated rings. The summed E-state index contributed by atoms with van der Waals surface area (Å²) in [5, 5.41) is 14.6. The minimum Gasteiger partial charge on any atom is -0.377 e. The van der Waals surface area contributed by atoms with Crippen molar-refractivity contribution in [3.8, 4) is 0 Å².